The minimum absolute atomic E-state index is 0.778. The number of allylic oxidation sites excluding steroid dienone is 1. The molecule has 0 atom stereocenters. The molecule has 3 heteroatoms. The number of hydrogen-bond donors (Lipinski definition) is 0. The fourth-order valence-corrected chi connectivity index (χ4v) is 1.35. The number of nitrogens with zero attached hydrogens (tertiary/aromatic N) is 1. The predicted molar refractivity (Wildman–Crippen MR) is 62.8 cm³/mol. The molecule has 0 heterocycles. The first-order chi connectivity index (χ1) is 7.11. The van der Waals surface area contributed by atoms with Gasteiger partial charge in [-0.3, -0.25) is 0 Å². The highest BCUT2D eigenvalue weighted by Crippen LogP contribution is 2.38. The summed E-state index contributed by atoms with van der Waals surface area (Å²) in [5, 5.41) is 0. The number of rotatable bonds is 4. The molecule has 0 bridgehead atoms. The van der Waals surface area contributed by atoms with Crippen molar-refractivity contribution in [2.75, 3.05) is 26.2 Å². The van der Waals surface area contributed by atoms with E-state index < -0.39 is 0 Å². The molecule has 0 aromatic heterocycles. The average molecular weight is 207 g/mol. The zero-order valence-electron chi connectivity index (χ0n) is 9.70. The van der Waals surface area contributed by atoms with Gasteiger partial charge in [0.05, 0.1) is 14.2 Å². The summed E-state index contributed by atoms with van der Waals surface area (Å²) in [6, 6.07) is 5.70. The summed E-state index contributed by atoms with van der Waals surface area (Å²) in [6.45, 7) is 5.83. The van der Waals surface area contributed by atoms with Crippen molar-refractivity contribution in [1.29, 1.82) is 0 Å². The maximum atomic E-state index is 5.30. The van der Waals surface area contributed by atoms with Crippen molar-refractivity contribution in [2.24, 2.45) is 0 Å². The van der Waals surface area contributed by atoms with Gasteiger partial charge >= 0.3 is 0 Å². The Labute approximate surface area is 90.9 Å². The summed E-state index contributed by atoms with van der Waals surface area (Å²) in [7, 11) is 5.22. The number of ether oxygens (including phenoxy) is 2. The van der Waals surface area contributed by atoms with E-state index in [1.54, 1.807) is 14.2 Å². The van der Waals surface area contributed by atoms with Crippen molar-refractivity contribution in [1.82, 2.24) is 0 Å². The fraction of sp³-hybridized carbons (Fsp3) is 0.333. The smallest absolute Gasteiger partial charge is 0.146 e. The quantitative estimate of drug-likeness (QED) is 0.757. The zero-order valence-corrected chi connectivity index (χ0v) is 9.70. The Balaban J connectivity index is 3.27. The molecule has 15 heavy (non-hydrogen) atoms. The van der Waals surface area contributed by atoms with E-state index in [1.807, 2.05) is 37.1 Å². The van der Waals surface area contributed by atoms with Gasteiger partial charge in [0.1, 0.15) is 17.2 Å². The van der Waals surface area contributed by atoms with Crippen LogP contribution >= 0.6 is 0 Å². The standard InChI is InChI=1S/C12H17NO2/c1-9(2)13(3)12-10(14-4)7-6-8-11(12)15-5/h6-8H,1H2,2-5H3. The van der Waals surface area contributed by atoms with Gasteiger partial charge in [0.2, 0.25) is 0 Å². The molecular weight excluding hydrogens is 190 g/mol. The normalized spacial score (nSPS) is 9.60. The minimum Gasteiger partial charge on any atom is -0.494 e. The van der Waals surface area contributed by atoms with Crippen LogP contribution in [0.4, 0.5) is 5.69 Å². The SMILES string of the molecule is C=C(C)N(C)c1c(OC)cccc1OC. The molecule has 0 aliphatic heterocycles. The van der Waals surface area contributed by atoms with Crippen LogP contribution in [0.1, 0.15) is 6.92 Å². The lowest BCUT2D eigenvalue weighted by molar-refractivity contribution is 0.395. The largest absolute Gasteiger partial charge is 0.494 e. The fourth-order valence-electron chi connectivity index (χ4n) is 1.35. The van der Waals surface area contributed by atoms with Crippen molar-refractivity contribution < 1.29 is 9.47 Å². The lowest BCUT2D eigenvalue weighted by Gasteiger charge is -2.23. The molecule has 0 unspecified atom stereocenters. The lowest BCUT2D eigenvalue weighted by atomic mass is 10.2. The van der Waals surface area contributed by atoms with E-state index in [2.05, 4.69) is 6.58 Å². The van der Waals surface area contributed by atoms with Crippen LogP contribution in [0.25, 0.3) is 0 Å². The molecular formula is C12H17NO2. The monoisotopic (exact) mass is 207 g/mol. The van der Waals surface area contributed by atoms with Crippen LogP contribution < -0.4 is 14.4 Å². The maximum Gasteiger partial charge on any atom is 0.146 e. The van der Waals surface area contributed by atoms with Gasteiger partial charge in [0, 0.05) is 12.7 Å². The summed E-state index contributed by atoms with van der Waals surface area (Å²) in [5.41, 5.74) is 1.83. The molecule has 0 amide bonds. The number of anilines is 1. The molecule has 1 aromatic rings. The summed E-state index contributed by atoms with van der Waals surface area (Å²) in [5.74, 6) is 1.56. The molecule has 3 nitrogen and oxygen atoms in total. The molecule has 82 valence electrons. The molecule has 0 aliphatic rings. The van der Waals surface area contributed by atoms with Gasteiger partial charge in [-0.05, 0) is 19.1 Å². The van der Waals surface area contributed by atoms with Gasteiger partial charge in [-0.2, -0.15) is 0 Å². The second kappa shape index (κ2) is 4.73. The predicted octanol–water partition coefficient (Wildman–Crippen LogP) is 2.67. The molecule has 0 aliphatic carbocycles. The van der Waals surface area contributed by atoms with E-state index in [1.165, 1.54) is 0 Å². The summed E-state index contributed by atoms with van der Waals surface area (Å²) in [6.07, 6.45) is 0. The molecule has 0 spiro atoms. The molecule has 0 fully saturated rings. The Kier molecular flexibility index (Phi) is 3.61. The van der Waals surface area contributed by atoms with Gasteiger partial charge in [-0.15, -0.1) is 0 Å². The van der Waals surface area contributed by atoms with Crippen LogP contribution in [0.15, 0.2) is 30.5 Å². The van der Waals surface area contributed by atoms with Gasteiger partial charge < -0.3 is 14.4 Å². The Morgan fingerprint density at radius 2 is 1.67 bits per heavy atom. The van der Waals surface area contributed by atoms with Crippen molar-refractivity contribution in [3.8, 4) is 11.5 Å². The maximum absolute atomic E-state index is 5.30. The molecule has 0 N–H and O–H groups in total. The van der Waals surface area contributed by atoms with Gasteiger partial charge in [0.15, 0.2) is 0 Å². The first kappa shape index (κ1) is 11.4. The van der Waals surface area contributed by atoms with E-state index in [-0.39, 0.29) is 0 Å². The third-order valence-electron chi connectivity index (χ3n) is 2.31. The van der Waals surface area contributed by atoms with Crippen molar-refractivity contribution in [2.45, 2.75) is 6.92 Å². The average Bonchev–Trinajstić information content (AvgIpc) is 2.26. The zero-order chi connectivity index (χ0) is 11.4. The Morgan fingerprint density at radius 3 is 2.00 bits per heavy atom. The molecule has 1 rings (SSSR count). The minimum atomic E-state index is 0.778. The highest BCUT2D eigenvalue weighted by atomic mass is 16.5. The number of methoxy groups -OCH3 is 2. The lowest BCUT2D eigenvalue weighted by Crippen LogP contribution is -2.15. The Hall–Kier alpha value is -1.64. The molecule has 0 saturated carbocycles. The van der Waals surface area contributed by atoms with Crippen LogP contribution in [0, 0.1) is 0 Å². The first-order valence-electron chi connectivity index (χ1n) is 4.72. The van der Waals surface area contributed by atoms with Crippen LogP contribution in [-0.2, 0) is 0 Å². The molecule has 0 saturated heterocycles. The summed E-state index contributed by atoms with van der Waals surface area (Å²) in [4.78, 5) is 1.94. The summed E-state index contributed by atoms with van der Waals surface area (Å²) < 4.78 is 10.6. The Morgan fingerprint density at radius 1 is 1.20 bits per heavy atom. The van der Waals surface area contributed by atoms with E-state index in [0.29, 0.717) is 0 Å². The van der Waals surface area contributed by atoms with E-state index in [9.17, 15) is 0 Å². The highest BCUT2D eigenvalue weighted by Gasteiger charge is 2.14. The van der Waals surface area contributed by atoms with Gasteiger partial charge in [-0.25, -0.2) is 0 Å². The molecule has 0 radical (unpaired) electrons. The van der Waals surface area contributed by atoms with Crippen LogP contribution in [-0.4, -0.2) is 21.3 Å². The van der Waals surface area contributed by atoms with Crippen molar-refractivity contribution in [3.05, 3.63) is 30.5 Å². The summed E-state index contributed by atoms with van der Waals surface area (Å²) >= 11 is 0. The van der Waals surface area contributed by atoms with E-state index >= 15 is 0 Å². The number of para-hydroxylation sites is 1. The number of hydrogen-bond acceptors (Lipinski definition) is 3. The third kappa shape index (κ3) is 2.24. The van der Waals surface area contributed by atoms with Gasteiger partial charge in [0.25, 0.3) is 0 Å². The highest BCUT2D eigenvalue weighted by molar-refractivity contribution is 5.69. The van der Waals surface area contributed by atoms with Crippen molar-refractivity contribution in [3.63, 3.8) is 0 Å². The second-order valence-electron chi connectivity index (χ2n) is 3.31. The second-order valence-corrected chi connectivity index (χ2v) is 3.31. The number of benzene rings is 1. The van der Waals surface area contributed by atoms with E-state index in [0.717, 1.165) is 22.9 Å². The topological polar surface area (TPSA) is 21.7 Å². The molecule has 1 aromatic carbocycles. The van der Waals surface area contributed by atoms with Crippen molar-refractivity contribution >= 4 is 5.69 Å². The Bertz CT molecular complexity index is 338. The van der Waals surface area contributed by atoms with Crippen LogP contribution in [0.2, 0.25) is 0 Å². The van der Waals surface area contributed by atoms with Crippen LogP contribution in [0.3, 0.4) is 0 Å². The first-order valence-corrected chi connectivity index (χ1v) is 4.72. The van der Waals surface area contributed by atoms with Crippen LogP contribution in [0.5, 0.6) is 11.5 Å². The van der Waals surface area contributed by atoms with Gasteiger partial charge in [-0.1, -0.05) is 12.6 Å². The van der Waals surface area contributed by atoms with E-state index in [4.69, 9.17) is 9.47 Å². The third-order valence-corrected chi connectivity index (χ3v) is 2.31.